The molecule has 5 N–H and O–H groups in total. The second kappa shape index (κ2) is 9.04. The Balaban J connectivity index is 0. The fraction of sp³-hybridized carbons (Fsp3) is 1.00. The van der Waals surface area contributed by atoms with Crippen LogP contribution in [0.25, 0.3) is 0 Å². The minimum Gasteiger partial charge on any atom is -0.790 e. The van der Waals surface area contributed by atoms with Crippen LogP contribution >= 0.6 is 7.82 Å². The molecule has 1 saturated heterocycles. The van der Waals surface area contributed by atoms with Gasteiger partial charge in [0.15, 0.2) is 6.29 Å². The molecule has 1 aliphatic rings. The van der Waals surface area contributed by atoms with Gasteiger partial charge < -0.3 is 44.7 Å². The Labute approximate surface area is 147 Å². The number of hydrogen-bond acceptors (Lipinski definition) is 9. The van der Waals surface area contributed by atoms with Crippen LogP contribution < -0.4 is 74.6 Å². The monoisotopic (exact) mass is 303 g/mol. The van der Waals surface area contributed by atoms with Gasteiger partial charge in [-0.25, -0.2) is 0 Å². The maximum atomic E-state index is 10.3. The third-order valence-electron chi connectivity index (χ3n) is 2.13. The van der Waals surface area contributed by atoms with Gasteiger partial charge in [-0.2, -0.15) is 0 Å². The molecule has 0 radical (unpaired) electrons. The van der Waals surface area contributed by atoms with Gasteiger partial charge in [-0.15, -0.1) is 0 Å². The van der Waals surface area contributed by atoms with E-state index in [2.05, 4.69) is 4.52 Å². The first kappa shape index (κ1) is 22.2. The Bertz CT molecular complexity index is 289. The molecule has 0 aliphatic carbocycles. The van der Waals surface area contributed by atoms with Gasteiger partial charge in [0.25, 0.3) is 0 Å². The van der Waals surface area contributed by atoms with Gasteiger partial charge in [0, 0.05) is 6.54 Å². The fourth-order valence-electron chi connectivity index (χ4n) is 1.33. The van der Waals surface area contributed by atoms with Crippen LogP contribution in [0.1, 0.15) is 0 Å². The Morgan fingerprint density at radius 2 is 1.67 bits per heavy atom. The van der Waals surface area contributed by atoms with E-state index in [-0.39, 0.29) is 65.7 Å². The average molecular weight is 303 g/mol. The molecule has 0 saturated carbocycles. The molecule has 0 aromatic carbocycles. The van der Waals surface area contributed by atoms with Crippen LogP contribution in [0.15, 0.2) is 0 Å². The van der Waals surface area contributed by atoms with Crippen molar-refractivity contribution in [3.63, 3.8) is 0 Å². The molecule has 12 heteroatoms. The molecule has 18 heavy (non-hydrogen) atoms. The van der Waals surface area contributed by atoms with Crippen LogP contribution in [0.3, 0.4) is 0 Å². The van der Waals surface area contributed by atoms with Crippen LogP contribution in [0.5, 0.6) is 0 Å². The van der Waals surface area contributed by atoms with Crippen molar-refractivity contribution in [2.45, 2.75) is 30.7 Å². The molecule has 0 spiro atoms. The zero-order valence-electron chi connectivity index (χ0n) is 10.0. The summed E-state index contributed by atoms with van der Waals surface area (Å²) in [5, 5.41) is 27.9. The number of phosphoric ester groups is 1. The van der Waals surface area contributed by atoms with Crippen molar-refractivity contribution in [1.29, 1.82) is 0 Å². The summed E-state index contributed by atoms with van der Waals surface area (Å²) in [6.45, 7) is -0.243. The molecule has 1 heterocycles. The molecule has 5 atom stereocenters. The van der Waals surface area contributed by atoms with Crippen LogP contribution in [-0.4, -0.2) is 52.6 Å². The van der Waals surface area contributed by atoms with Crippen molar-refractivity contribution in [2.24, 2.45) is 5.73 Å². The Kier molecular flexibility index (Phi) is 11.1. The Morgan fingerprint density at radius 1 is 1.17 bits per heavy atom. The van der Waals surface area contributed by atoms with Crippen LogP contribution in [0, 0.1) is 0 Å². The van der Waals surface area contributed by atoms with E-state index in [0.29, 0.717) is 0 Å². The summed E-state index contributed by atoms with van der Waals surface area (Å²) in [4.78, 5) is 20.6. The first-order valence-corrected chi connectivity index (χ1v) is 5.82. The fourth-order valence-corrected chi connectivity index (χ4v) is 1.75. The van der Waals surface area contributed by atoms with Crippen molar-refractivity contribution in [1.82, 2.24) is 0 Å². The third kappa shape index (κ3) is 6.13. The number of rotatable bonds is 3. The smallest absolute Gasteiger partial charge is 0.790 e. The molecule has 0 aromatic heterocycles. The molecule has 0 bridgehead atoms. The summed E-state index contributed by atoms with van der Waals surface area (Å²) in [5.74, 6) is 0. The van der Waals surface area contributed by atoms with Gasteiger partial charge in [0.1, 0.15) is 24.4 Å². The maximum absolute atomic E-state index is 10.3. The predicted molar refractivity (Wildman–Crippen MR) is 44.4 cm³/mol. The van der Waals surface area contributed by atoms with E-state index in [9.17, 15) is 29.7 Å². The summed E-state index contributed by atoms with van der Waals surface area (Å²) in [6.07, 6.45) is -8.05. The quantitative estimate of drug-likeness (QED) is 0.292. The molecule has 0 unspecified atom stereocenters. The molecule has 0 aromatic rings. The van der Waals surface area contributed by atoms with E-state index in [1.54, 1.807) is 0 Å². The largest absolute Gasteiger partial charge is 1.00 e. The van der Waals surface area contributed by atoms with Crippen molar-refractivity contribution < 1.29 is 98.0 Å². The summed E-state index contributed by atoms with van der Waals surface area (Å²) in [6, 6.07) is 0. The van der Waals surface area contributed by atoms with Gasteiger partial charge in [-0.05, 0) is 0 Å². The van der Waals surface area contributed by atoms with Crippen molar-refractivity contribution in [3.8, 4) is 0 Å². The average Bonchev–Trinajstić information content (AvgIpc) is 2.17. The van der Waals surface area contributed by atoms with Gasteiger partial charge in [0.05, 0.1) is 7.82 Å². The molecular formula is C6H12NNa2O8P. The summed E-state index contributed by atoms with van der Waals surface area (Å²) in [7, 11) is -5.37. The van der Waals surface area contributed by atoms with Gasteiger partial charge in [-0.1, -0.05) is 0 Å². The number of ether oxygens (including phenoxy) is 1. The van der Waals surface area contributed by atoms with Crippen molar-refractivity contribution in [3.05, 3.63) is 0 Å². The molecule has 9 nitrogen and oxygen atoms in total. The molecular weight excluding hydrogens is 291 g/mol. The second-order valence-corrected chi connectivity index (χ2v) is 4.41. The summed E-state index contributed by atoms with van der Waals surface area (Å²) in [5.41, 5.74) is 5.17. The first-order valence-electron chi connectivity index (χ1n) is 4.36. The SMILES string of the molecule is NC[C@H]1O[C@@H](OP(=O)([O-])[O-])[C@H](O)[C@@H](O)[C@@H]1O.[Na+].[Na+]. The zero-order valence-corrected chi connectivity index (χ0v) is 14.9. The second-order valence-electron chi connectivity index (χ2n) is 3.30. The zero-order chi connectivity index (χ0) is 12.5. The number of phosphoric acid groups is 1. The molecule has 1 rings (SSSR count). The van der Waals surface area contributed by atoms with E-state index in [1.165, 1.54) is 0 Å². The number of nitrogens with two attached hydrogens (primary N) is 1. The minimum absolute atomic E-state index is 0. The van der Waals surface area contributed by atoms with E-state index in [4.69, 9.17) is 10.5 Å². The standard InChI is InChI=1S/C6H14NO8P.2Na/c7-1-2-3(8)4(9)5(10)6(14-2)15-16(11,12)13;;/h2-6,8-10H,1,7H2,(H2,11,12,13);;/q;2*+1/p-2/t2-,3-,4+,5-,6+;;/m1../s1. The van der Waals surface area contributed by atoms with Crippen LogP contribution in [0.4, 0.5) is 0 Å². The Hall–Kier alpha value is 1.91. The number of aliphatic hydroxyl groups excluding tert-OH is 3. The number of aliphatic hydroxyl groups is 3. The van der Waals surface area contributed by atoms with E-state index >= 15 is 0 Å². The summed E-state index contributed by atoms with van der Waals surface area (Å²) >= 11 is 0. The molecule has 1 fully saturated rings. The van der Waals surface area contributed by atoms with Crippen LogP contribution in [0.2, 0.25) is 0 Å². The molecule has 0 amide bonds. The molecule has 96 valence electrons. The summed E-state index contributed by atoms with van der Waals surface area (Å²) < 4.78 is 18.9. The third-order valence-corrected chi connectivity index (χ3v) is 2.60. The van der Waals surface area contributed by atoms with E-state index < -0.39 is 38.5 Å². The van der Waals surface area contributed by atoms with Crippen molar-refractivity contribution in [2.75, 3.05) is 6.54 Å². The van der Waals surface area contributed by atoms with E-state index in [0.717, 1.165) is 0 Å². The molecule has 1 aliphatic heterocycles. The predicted octanol–water partition coefficient (Wildman–Crippen LogP) is -10.4. The van der Waals surface area contributed by atoms with Gasteiger partial charge >= 0.3 is 59.1 Å². The van der Waals surface area contributed by atoms with Gasteiger partial charge in [0.2, 0.25) is 0 Å². The minimum atomic E-state index is -5.37. The topological polar surface area (TPSA) is 168 Å². The first-order chi connectivity index (χ1) is 7.26. The Morgan fingerprint density at radius 3 is 2.06 bits per heavy atom. The number of hydrogen-bond donors (Lipinski definition) is 4. The van der Waals surface area contributed by atoms with Gasteiger partial charge in [-0.3, -0.25) is 0 Å². The van der Waals surface area contributed by atoms with Crippen molar-refractivity contribution >= 4 is 7.82 Å². The normalized spacial score (nSPS) is 36.4. The maximum Gasteiger partial charge on any atom is 1.00 e. The van der Waals surface area contributed by atoms with E-state index in [1.807, 2.05) is 0 Å². The van der Waals surface area contributed by atoms with Crippen LogP contribution in [-0.2, 0) is 13.8 Å².